The molecule has 0 saturated heterocycles. The van der Waals surface area contributed by atoms with Crippen molar-refractivity contribution in [3.63, 3.8) is 0 Å². The largest absolute Gasteiger partial charge is 0.103 e. The van der Waals surface area contributed by atoms with E-state index in [1.54, 1.807) is 5.57 Å². The molecule has 1 atom stereocenters. The van der Waals surface area contributed by atoms with E-state index >= 15 is 0 Å². The first kappa shape index (κ1) is 15.2. The van der Waals surface area contributed by atoms with E-state index in [2.05, 4.69) is 86.3 Å². The summed E-state index contributed by atoms with van der Waals surface area (Å²) in [5.74, 6) is 0.416. The van der Waals surface area contributed by atoms with Crippen LogP contribution >= 0.6 is 0 Å². The molecule has 2 aliphatic carbocycles. The Balaban J connectivity index is 1.97. The summed E-state index contributed by atoms with van der Waals surface area (Å²) in [7, 11) is 0. The molecule has 0 bridgehead atoms. The topological polar surface area (TPSA) is 0 Å². The van der Waals surface area contributed by atoms with Crippen molar-refractivity contribution in [2.75, 3.05) is 0 Å². The lowest BCUT2D eigenvalue weighted by Gasteiger charge is -2.41. The van der Waals surface area contributed by atoms with Crippen molar-refractivity contribution in [2.24, 2.45) is 5.41 Å². The van der Waals surface area contributed by atoms with Gasteiger partial charge in [-0.25, -0.2) is 0 Å². The fraction of sp³-hybridized carbons (Fsp3) is 0.250. The maximum atomic E-state index is 4.10. The second-order valence-corrected chi connectivity index (χ2v) is 6.93. The average molecular weight is 312 g/mol. The minimum absolute atomic E-state index is 0.119. The van der Waals surface area contributed by atoms with Crippen molar-refractivity contribution in [1.82, 2.24) is 0 Å². The maximum absolute atomic E-state index is 4.10. The van der Waals surface area contributed by atoms with Gasteiger partial charge in [0.1, 0.15) is 0 Å². The number of benzene rings is 2. The molecule has 0 aliphatic heterocycles. The molecule has 0 aromatic heterocycles. The summed E-state index contributed by atoms with van der Waals surface area (Å²) in [4.78, 5) is 0. The molecule has 0 heterocycles. The maximum Gasteiger partial charge on any atom is 0.0198 e. The summed E-state index contributed by atoms with van der Waals surface area (Å²) in [5, 5.41) is 0. The molecule has 0 spiro atoms. The van der Waals surface area contributed by atoms with Gasteiger partial charge in [0.15, 0.2) is 0 Å². The molecule has 0 saturated carbocycles. The zero-order valence-corrected chi connectivity index (χ0v) is 14.3. The molecule has 24 heavy (non-hydrogen) atoms. The van der Waals surface area contributed by atoms with Crippen LogP contribution in [0.15, 0.2) is 85.0 Å². The number of fused-ring (bicyclic) bond motifs is 3. The van der Waals surface area contributed by atoms with Crippen molar-refractivity contribution in [3.05, 3.63) is 96.1 Å². The Morgan fingerprint density at radius 2 is 1.67 bits per heavy atom. The predicted molar refractivity (Wildman–Crippen MR) is 103 cm³/mol. The van der Waals surface area contributed by atoms with Crippen LogP contribution in [0, 0.1) is 5.41 Å². The number of allylic oxidation sites excluding steroid dienone is 5. The minimum Gasteiger partial charge on any atom is -0.103 e. The third-order valence-electron chi connectivity index (χ3n) is 5.94. The van der Waals surface area contributed by atoms with Gasteiger partial charge in [0.2, 0.25) is 0 Å². The Morgan fingerprint density at radius 1 is 1.04 bits per heavy atom. The lowest BCUT2D eigenvalue weighted by atomic mass is 9.62. The highest BCUT2D eigenvalue weighted by atomic mass is 14.5. The number of hydrogen-bond donors (Lipinski definition) is 0. The van der Waals surface area contributed by atoms with Crippen LogP contribution in [0.2, 0.25) is 0 Å². The Hall–Kier alpha value is -2.34. The number of rotatable bonds is 5. The standard InChI is InChI=1S/C24H24/c1-3-17-24(4-2,18-11-5-6-12-18)23-21-15-9-7-13-19(21)20-14-8-10-16-22(20)23/h3,5-11,13-16,23H,1,4,12,17H2,2H3. The second-order valence-electron chi connectivity index (χ2n) is 6.93. The SMILES string of the molecule is C=CCC(CC)(C1=CC=CC1)C1c2ccccc2-c2ccccc21. The normalized spacial score (nSPS) is 18.0. The van der Waals surface area contributed by atoms with E-state index in [0.29, 0.717) is 5.92 Å². The zero-order chi connectivity index (χ0) is 16.6. The molecule has 2 aromatic carbocycles. The molecule has 0 heteroatoms. The molecule has 2 aromatic rings. The van der Waals surface area contributed by atoms with Gasteiger partial charge in [-0.1, -0.05) is 85.3 Å². The van der Waals surface area contributed by atoms with Crippen LogP contribution in [0.3, 0.4) is 0 Å². The Morgan fingerprint density at radius 3 is 2.17 bits per heavy atom. The van der Waals surface area contributed by atoms with Crippen molar-refractivity contribution in [3.8, 4) is 11.1 Å². The third-order valence-corrected chi connectivity index (χ3v) is 5.94. The van der Waals surface area contributed by atoms with Crippen molar-refractivity contribution >= 4 is 0 Å². The van der Waals surface area contributed by atoms with Gasteiger partial charge in [-0.05, 0) is 41.5 Å². The molecular formula is C24H24. The van der Waals surface area contributed by atoms with Crippen molar-refractivity contribution in [1.29, 1.82) is 0 Å². The lowest BCUT2D eigenvalue weighted by Crippen LogP contribution is -2.30. The summed E-state index contributed by atoms with van der Waals surface area (Å²) in [6, 6.07) is 17.9. The van der Waals surface area contributed by atoms with Gasteiger partial charge in [0.25, 0.3) is 0 Å². The Labute approximate surface area is 145 Å². The molecule has 4 rings (SSSR count). The first-order valence-corrected chi connectivity index (χ1v) is 8.97. The van der Waals surface area contributed by atoms with E-state index in [9.17, 15) is 0 Å². The van der Waals surface area contributed by atoms with Gasteiger partial charge in [0.05, 0.1) is 0 Å². The van der Waals surface area contributed by atoms with E-state index < -0.39 is 0 Å². The third kappa shape index (κ3) is 2.06. The summed E-state index contributed by atoms with van der Waals surface area (Å²) < 4.78 is 0. The van der Waals surface area contributed by atoms with Crippen molar-refractivity contribution in [2.45, 2.75) is 32.1 Å². The minimum atomic E-state index is 0.119. The van der Waals surface area contributed by atoms with Gasteiger partial charge in [0, 0.05) is 11.3 Å². The average Bonchev–Trinajstić information content (AvgIpc) is 3.27. The molecule has 120 valence electrons. The van der Waals surface area contributed by atoms with E-state index in [1.807, 2.05) is 0 Å². The molecule has 2 aliphatic rings. The molecule has 0 radical (unpaired) electrons. The van der Waals surface area contributed by atoms with E-state index in [0.717, 1.165) is 19.3 Å². The van der Waals surface area contributed by atoms with Gasteiger partial charge in [-0.2, -0.15) is 0 Å². The van der Waals surface area contributed by atoms with Crippen LogP contribution in [-0.2, 0) is 0 Å². The quantitative estimate of drug-likeness (QED) is 0.542. The van der Waals surface area contributed by atoms with Gasteiger partial charge >= 0.3 is 0 Å². The van der Waals surface area contributed by atoms with Crippen LogP contribution in [0.4, 0.5) is 0 Å². The van der Waals surface area contributed by atoms with E-state index in [1.165, 1.54) is 22.3 Å². The summed E-state index contributed by atoms with van der Waals surface area (Å²) in [6.45, 7) is 6.44. The Kier molecular flexibility index (Phi) is 3.76. The molecule has 0 N–H and O–H groups in total. The lowest BCUT2D eigenvalue weighted by molar-refractivity contribution is 0.300. The first-order valence-electron chi connectivity index (χ1n) is 8.97. The summed E-state index contributed by atoms with van der Waals surface area (Å²) in [6.07, 6.45) is 12.2. The van der Waals surface area contributed by atoms with E-state index in [4.69, 9.17) is 0 Å². The van der Waals surface area contributed by atoms with Crippen LogP contribution in [-0.4, -0.2) is 0 Å². The molecular weight excluding hydrogens is 288 g/mol. The van der Waals surface area contributed by atoms with Crippen LogP contribution in [0.5, 0.6) is 0 Å². The molecule has 0 nitrogen and oxygen atoms in total. The van der Waals surface area contributed by atoms with Gasteiger partial charge < -0.3 is 0 Å². The number of hydrogen-bond acceptors (Lipinski definition) is 0. The molecule has 1 unspecified atom stereocenters. The fourth-order valence-electron chi connectivity index (χ4n) is 4.83. The zero-order valence-electron chi connectivity index (χ0n) is 14.3. The molecule has 0 fully saturated rings. The van der Waals surface area contributed by atoms with Crippen molar-refractivity contribution < 1.29 is 0 Å². The van der Waals surface area contributed by atoms with Gasteiger partial charge in [-0.15, -0.1) is 6.58 Å². The van der Waals surface area contributed by atoms with Crippen LogP contribution in [0.25, 0.3) is 11.1 Å². The predicted octanol–water partition coefficient (Wildman–Crippen LogP) is 6.66. The second kappa shape index (κ2) is 5.94. The smallest absolute Gasteiger partial charge is 0.0198 e. The highest BCUT2D eigenvalue weighted by Gasteiger charge is 2.45. The summed E-state index contributed by atoms with van der Waals surface area (Å²) in [5.41, 5.74) is 7.46. The highest BCUT2D eigenvalue weighted by Crippen LogP contribution is 2.59. The first-order chi connectivity index (χ1) is 11.8. The Bertz CT molecular complexity index is 791. The van der Waals surface area contributed by atoms with Crippen LogP contribution < -0.4 is 0 Å². The fourth-order valence-corrected chi connectivity index (χ4v) is 4.83. The summed E-state index contributed by atoms with van der Waals surface area (Å²) >= 11 is 0. The van der Waals surface area contributed by atoms with Gasteiger partial charge in [-0.3, -0.25) is 0 Å². The van der Waals surface area contributed by atoms with E-state index in [-0.39, 0.29) is 5.41 Å². The highest BCUT2D eigenvalue weighted by molar-refractivity contribution is 5.79. The monoisotopic (exact) mass is 312 g/mol. The molecule has 0 amide bonds. The van der Waals surface area contributed by atoms with Crippen LogP contribution in [0.1, 0.15) is 43.2 Å².